The first-order valence-corrected chi connectivity index (χ1v) is 9.23. The van der Waals surface area contributed by atoms with Crippen molar-refractivity contribution >= 4 is 11.9 Å². The van der Waals surface area contributed by atoms with Crippen molar-refractivity contribution in [3.8, 4) is 0 Å². The van der Waals surface area contributed by atoms with Crippen LogP contribution in [0.3, 0.4) is 0 Å². The number of rotatable bonds is 3. The third-order valence-corrected chi connectivity index (χ3v) is 7.18. The monoisotopic (exact) mass is 382 g/mol. The van der Waals surface area contributed by atoms with E-state index in [1.54, 1.807) is 0 Å². The van der Waals surface area contributed by atoms with Gasteiger partial charge in [-0.2, -0.15) is 0 Å². The maximum absolute atomic E-state index is 11.8. The minimum absolute atomic E-state index is 0.0351. The fourth-order valence-corrected chi connectivity index (χ4v) is 5.60. The van der Waals surface area contributed by atoms with Gasteiger partial charge < -0.3 is 29.2 Å². The van der Waals surface area contributed by atoms with Crippen LogP contribution >= 0.6 is 0 Å². The first-order chi connectivity index (χ1) is 12.6. The zero-order valence-electron chi connectivity index (χ0n) is 15.9. The smallest absolute Gasteiger partial charge is 0.303 e. The Morgan fingerprint density at radius 1 is 1.30 bits per heavy atom. The minimum atomic E-state index is -1.08. The van der Waals surface area contributed by atoms with Crippen LogP contribution in [0.2, 0.25) is 0 Å². The summed E-state index contributed by atoms with van der Waals surface area (Å²) in [6, 6.07) is 0. The largest absolute Gasteiger partial charge is 0.465 e. The number of carbonyl (C=O) groups excluding carboxylic acids is 2. The van der Waals surface area contributed by atoms with Gasteiger partial charge in [-0.3, -0.25) is 9.59 Å². The molecule has 27 heavy (non-hydrogen) atoms. The zero-order chi connectivity index (χ0) is 19.8. The number of ether oxygens (including phenoxy) is 4. The van der Waals surface area contributed by atoms with Gasteiger partial charge in [0.1, 0.15) is 30.5 Å². The molecule has 8 heteroatoms. The molecule has 8 nitrogen and oxygen atoms in total. The lowest BCUT2D eigenvalue weighted by atomic mass is 9.51. The van der Waals surface area contributed by atoms with Crippen molar-refractivity contribution in [2.75, 3.05) is 13.2 Å². The van der Waals surface area contributed by atoms with Crippen LogP contribution in [0.25, 0.3) is 0 Å². The molecule has 3 fully saturated rings. The Bertz CT molecular complexity index is 712. The number of esters is 2. The Morgan fingerprint density at radius 3 is 2.52 bits per heavy atom. The van der Waals surface area contributed by atoms with Crippen molar-refractivity contribution < 1.29 is 38.7 Å². The van der Waals surface area contributed by atoms with Crippen LogP contribution in [-0.4, -0.2) is 71.5 Å². The van der Waals surface area contributed by atoms with E-state index in [1.807, 2.05) is 19.9 Å². The molecule has 1 spiro atoms. The third-order valence-electron chi connectivity index (χ3n) is 7.18. The van der Waals surface area contributed by atoms with Gasteiger partial charge in [-0.25, -0.2) is 0 Å². The second-order valence-corrected chi connectivity index (χ2v) is 8.45. The molecular weight excluding hydrogens is 356 g/mol. The highest BCUT2D eigenvalue weighted by atomic mass is 16.7. The van der Waals surface area contributed by atoms with Crippen molar-refractivity contribution in [3.63, 3.8) is 0 Å². The quantitative estimate of drug-likeness (QED) is 0.401. The van der Waals surface area contributed by atoms with E-state index in [0.717, 1.165) is 5.57 Å². The van der Waals surface area contributed by atoms with E-state index in [1.165, 1.54) is 13.8 Å². The Kier molecular flexibility index (Phi) is 4.03. The molecule has 2 heterocycles. The minimum Gasteiger partial charge on any atom is -0.465 e. The molecule has 2 aliphatic heterocycles. The first kappa shape index (κ1) is 18.9. The van der Waals surface area contributed by atoms with Crippen LogP contribution in [0.1, 0.15) is 34.1 Å². The van der Waals surface area contributed by atoms with E-state index in [2.05, 4.69) is 0 Å². The van der Waals surface area contributed by atoms with Crippen LogP contribution in [0.4, 0.5) is 0 Å². The lowest BCUT2D eigenvalue weighted by Crippen LogP contribution is -2.67. The molecule has 2 aliphatic carbocycles. The van der Waals surface area contributed by atoms with Crippen LogP contribution in [0.15, 0.2) is 11.6 Å². The molecule has 2 bridgehead atoms. The summed E-state index contributed by atoms with van der Waals surface area (Å²) in [5.41, 5.74) is -1.91. The number of epoxide rings is 1. The summed E-state index contributed by atoms with van der Waals surface area (Å²) in [6.45, 7) is 6.61. The predicted octanol–water partition coefficient (Wildman–Crippen LogP) is 0.0957. The fraction of sp³-hybridized carbons (Fsp3) is 0.789. The molecule has 1 saturated carbocycles. The molecule has 8 atom stereocenters. The highest BCUT2D eigenvalue weighted by molar-refractivity contribution is 5.67. The van der Waals surface area contributed by atoms with Gasteiger partial charge in [-0.15, -0.1) is 0 Å². The average molecular weight is 382 g/mol. The van der Waals surface area contributed by atoms with Gasteiger partial charge in [0.05, 0.1) is 24.2 Å². The van der Waals surface area contributed by atoms with Gasteiger partial charge in [0.25, 0.3) is 0 Å². The molecule has 0 aromatic heterocycles. The number of hydrogen-bond acceptors (Lipinski definition) is 8. The van der Waals surface area contributed by atoms with Crippen LogP contribution < -0.4 is 0 Å². The molecule has 2 N–H and O–H groups in total. The summed E-state index contributed by atoms with van der Waals surface area (Å²) in [4.78, 5) is 23.4. The van der Waals surface area contributed by atoms with E-state index < -0.39 is 58.9 Å². The topological polar surface area (TPSA) is 115 Å². The Labute approximate surface area is 157 Å². The zero-order valence-corrected chi connectivity index (χ0v) is 15.9. The van der Waals surface area contributed by atoms with Crippen molar-refractivity contribution in [2.24, 2.45) is 10.8 Å². The summed E-state index contributed by atoms with van der Waals surface area (Å²) in [5.74, 6) is -0.978. The van der Waals surface area contributed by atoms with E-state index in [9.17, 15) is 19.8 Å². The van der Waals surface area contributed by atoms with Crippen LogP contribution in [0, 0.1) is 10.8 Å². The van der Waals surface area contributed by atoms with Crippen molar-refractivity contribution in [3.05, 3.63) is 11.6 Å². The molecule has 0 amide bonds. The Morgan fingerprint density at radius 2 is 1.96 bits per heavy atom. The van der Waals surface area contributed by atoms with Crippen molar-refractivity contribution in [2.45, 2.75) is 70.2 Å². The summed E-state index contributed by atoms with van der Waals surface area (Å²) in [6.07, 6.45) is -1.86. The normalized spacial score (nSPS) is 50.0. The number of aliphatic hydroxyl groups is 2. The number of carbonyl (C=O) groups is 2. The standard InChI is InChI=1S/C19H26O8/c1-9-5-13-18(6-12(9)22,7-24-10(2)20)17(4)15(26-11(3)21)14(23)16(27-13)19(17)8-25-19/h5,12-16,22-23H,6-8H2,1-4H3/t12-,13+,14+,15+,16+,17+,18+,19?/m0/s1. The third kappa shape index (κ3) is 2.24. The average Bonchev–Trinajstić information content (AvgIpc) is 3.36. The molecule has 2 saturated heterocycles. The van der Waals surface area contributed by atoms with Crippen LogP contribution in [0.5, 0.6) is 0 Å². The number of fused-ring (bicyclic) bond motifs is 2. The molecule has 0 aromatic carbocycles. The SMILES string of the molecule is CC(=O)OC[C@]12C[C@H](O)C(C)=C[C@H]1O[C@@H]1[C@H](O)[C@@H](OC(C)=O)[C@@]2(C)C12CO2. The molecule has 4 aliphatic rings. The molecule has 1 unspecified atom stereocenters. The predicted molar refractivity (Wildman–Crippen MR) is 90.5 cm³/mol. The highest BCUT2D eigenvalue weighted by Gasteiger charge is 2.86. The lowest BCUT2D eigenvalue weighted by Gasteiger charge is -2.58. The maximum Gasteiger partial charge on any atom is 0.303 e. The summed E-state index contributed by atoms with van der Waals surface area (Å²) < 4.78 is 23.1. The maximum atomic E-state index is 11.8. The van der Waals surface area contributed by atoms with Crippen LogP contribution in [-0.2, 0) is 28.5 Å². The second-order valence-electron chi connectivity index (χ2n) is 8.45. The first-order valence-electron chi connectivity index (χ1n) is 9.23. The van der Waals surface area contributed by atoms with Gasteiger partial charge >= 0.3 is 11.9 Å². The van der Waals surface area contributed by atoms with Crippen molar-refractivity contribution in [1.29, 1.82) is 0 Å². The van der Waals surface area contributed by atoms with E-state index in [0.29, 0.717) is 6.61 Å². The second kappa shape index (κ2) is 5.76. The van der Waals surface area contributed by atoms with Gasteiger partial charge in [0, 0.05) is 19.3 Å². The van der Waals surface area contributed by atoms with E-state index in [-0.39, 0.29) is 13.0 Å². The number of hydrogen-bond donors (Lipinski definition) is 2. The van der Waals surface area contributed by atoms with E-state index >= 15 is 0 Å². The number of aliphatic hydroxyl groups excluding tert-OH is 2. The van der Waals surface area contributed by atoms with Crippen molar-refractivity contribution in [1.82, 2.24) is 0 Å². The highest BCUT2D eigenvalue weighted by Crippen LogP contribution is 2.72. The van der Waals surface area contributed by atoms with Gasteiger partial charge in [0.15, 0.2) is 0 Å². The fourth-order valence-electron chi connectivity index (χ4n) is 5.60. The summed E-state index contributed by atoms with van der Waals surface area (Å²) >= 11 is 0. The van der Waals surface area contributed by atoms with Gasteiger partial charge in [0.2, 0.25) is 0 Å². The summed E-state index contributed by atoms with van der Waals surface area (Å²) in [5, 5.41) is 21.6. The molecular formula is C19H26O8. The molecule has 0 radical (unpaired) electrons. The van der Waals surface area contributed by atoms with Gasteiger partial charge in [-0.1, -0.05) is 13.0 Å². The molecule has 0 aromatic rings. The lowest BCUT2D eigenvalue weighted by molar-refractivity contribution is -0.239. The van der Waals surface area contributed by atoms with E-state index in [4.69, 9.17) is 18.9 Å². The molecule has 4 rings (SSSR count). The molecule has 150 valence electrons. The van der Waals surface area contributed by atoms with Gasteiger partial charge in [-0.05, 0) is 18.9 Å². The Balaban J connectivity index is 1.88. The summed E-state index contributed by atoms with van der Waals surface area (Å²) in [7, 11) is 0. The Hall–Kier alpha value is -1.48.